The molecular weight excluding hydrogens is 1540 g/mol. The van der Waals surface area contributed by atoms with Crippen molar-refractivity contribution in [1.29, 1.82) is 0 Å². The third-order valence-corrected chi connectivity index (χ3v) is 28.4. The van der Waals surface area contributed by atoms with E-state index in [-0.39, 0.29) is 7.43 Å². The summed E-state index contributed by atoms with van der Waals surface area (Å²) in [5.74, 6) is 0. The second kappa shape index (κ2) is 27.6. The van der Waals surface area contributed by atoms with Gasteiger partial charge >= 0.3 is 0 Å². The molecule has 3 nitrogen and oxygen atoms in total. The van der Waals surface area contributed by atoms with Crippen LogP contribution in [0, 0.1) is 0 Å². The van der Waals surface area contributed by atoms with E-state index in [2.05, 4.69) is 457 Å². The summed E-state index contributed by atoms with van der Waals surface area (Å²) in [5, 5.41) is 38.9. The highest BCUT2D eigenvalue weighted by molar-refractivity contribution is 6.33. The molecule has 0 radical (unpaired) electrons. The molecule has 0 N–H and O–H groups in total. The second-order valence-corrected chi connectivity index (χ2v) is 34.7. The van der Waals surface area contributed by atoms with Gasteiger partial charge in [0.1, 0.15) is 0 Å². The molecule has 0 aliphatic heterocycles. The lowest BCUT2D eigenvalue weighted by atomic mass is 9.84. The number of hydrogen-bond donors (Lipinski definition) is 0. The molecule has 0 aliphatic carbocycles. The van der Waals surface area contributed by atoms with E-state index in [0.717, 1.165) is 11.4 Å². The molecule has 0 bridgehead atoms. The summed E-state index contributed by atoms with van der Waals surface area (Å²) in [6, 6.07) is 165. The van der Waals surface area contributed by atoms with Crippen molar-refractivity contribution in [1.82, 2.24) is 13.7 Å². The van der Waals surface area contributed by atoms with E-state index in [9.17, 15) is 0 Å². The van der Waals surface area contributed by atoms with E-state index < -0.39 is 0 Å². The monoisotopic (exact) mass is 1620 g/mol. The Morgan fingerprint density at radius 1 is 0.109 bits per heavy atom. The zero-order valence-electron chi connectivity index (χ0n) is 69.0. The van der Waals surface area contributed by atoms with Crippen LogP contribution < -0.4 is 0 Å². The van der Waals surface area contributed by atoms with Gasteiger partial charge in [0.15, 0.2) is 0 Å². The molecule has 0 fully saturated rings. The van der Waals surface area contributed by atoms with Crippen LogP contribution in [0.4, 0.5) is 0 Å². The zero-order valence-corrected chi connectivity index (χ0v) is 69.0. The highest BCUT2D eigenvalue weighted by Crippen LogP contribution is 2.51. The summed E-state index contributed by atoms with van der Waals surface area (Å²) in [6.45, 7) is 0. The first-order valence-corrected chi connectivity index (χ1v) is 44.2. The molecule has 0 aliphatic rings. The maximum absolute atomic E-state index is 2.39. The van der Waals surface area contributed by atoms with Crippen molar-refractivity contribution in [3.05, 3.63) is 443 Å². The Morgan fingerprint density at radius 3 is 0.500 bits per heavy atom. The van der Waals surface area contributed by atoms with Crippen LogP contribution in [0.2, 0.25) is 0 Å². The van der Waals surface area contributed by atoms with E-state index in [1.807, 2.05) is 0 Å². The van der Waals surface area contributed by atoms with E-state index >= 15 is 0 Å². The maximum Gasteiger partial charge on any atom is 0.0541 e. The Hall–Kier alpha value is -16.7. The topological polar surface area (TPSA) is 14.8 Å². The number of nitrogens with zero attached hydrogens (tertiary/aromatic N) is 3. The molecule has 29 rings (SSSR count). The predicted molar refractivity (Wildman–Crippen MR) is 550 cm³/mol. The molecule has 29 aromatic rings. The number of para-hydroxylation sites is 6. The number of hydrogen-bond acceptors (Lipinski definition) is 0. The third-order valence-electron chi connectivity index (χ3n) is 28.4. The number of aromatic nitrogens is 3. The number of benzene rings is 26. The van der Waals surface area contributed by atoms with Crippen LogP contribution in [-0.2, 0) is 0 Å². The van der Waals surface area contributed by atoms with Crippen LogP contribution >= 0.6 is 0 Å². The summed E-state index contributed by atoms with van der Waals surface area (Å²) < 4.78 is 7.17. The molecule has 3 aromatic heterocycles. The summed E-state index contributed by atoms with van der Waals surface area (Å²) in [5.41, 5.74) is 25.8. The Kier molecular flexibility index (Phi) is 15.5. The van der Waals surface area contributed by atoms with E-state index in [1.54, 1.807) is 0 Å². The van der Waals surface area contributed by atoms with Crippen molar-refractivity contribution in [2.45, 2.75) is 7.43 Å². The van der Waals surface area contributed by atoms with Gasteiger partial charge in [0.05, 0.1) is 33.1 Å². The van der Waals surface area contributed by atoms with E-state index in [0.29, 0.717) is 0 Å². The van der Waals surface area contributed by atoms with Crippen molar-refractivity contribution in [2.24, 2.45) is 0 Å². The molecule has 0 saturated heterocycles. The van der Waals surface area contributed by atoms with Crippen LogP contribution in [-0.4, -0.2) is 13.7 Å². The van der Waals surface area contributed by atoms with Gasteiger partial charge in [-0.05, 0) is 269 Å². The van der Waals surface area contributed by atoms with Gasteiger partial charge in [-0.3, -0.25) is 0 Å². The molecule has 26 aromatic carbocycles. The SMILES string of the molecule is C.c1cc2ccc3ccc(-c4ccc(-c5ccc6ccc7c(-c8ccc(-n9c%10ccccc%10c%10ccccc%109)cc8)ccc8ccc5c6c87)cc4)c4ccc(c1)c2c34.c1ccc2c(c1)c1ccccc1n2-c1ccc(-c2ccc3ccc4c(-c5ccc6ccc7c(-c8ccc(-n9c%10ccccc%10c%10ccccc%109)cc8)ccc8ccc5c6c87)ccc5ccc2c3c54)cc1. The fraction of sp³-hybridized carbons (Fsp3) is 0.00800. The maximum atomic E-state index is 2.39. The number of rotatable bonds is 9. The Morgan fingerprint density at radius 2 is 0.273 bits per heavy atom. The minimum Gasteiger partial charge on any atom is -0.309 e. The van der Waals surface area contributed by atoms with Gasteiger partial charge in [-0.15, -0.1) is 0 Å². The average molecular weight is 1620 g/mol. The average Bonchev–Trinajstić information content (AvgIpc) is 0.986. The summed E-state index contributed by atoms with van der Waals surface area (Å²) in [6.07, 6.45) is 0. The minimum absolute atomic E-state index is 0. The highest BCUT2D eigenvalue weighted by Gasteiger charge is 2.24. The van der Waals surface area contributed by atoms with Crippen molar-refractivity contribution in [2.75, 3.05) is 0 Å². The lowest BCUT2D eigenvalue weighted by Crippen LogP contribution is -1.94. The number of fused-ring (bicyclic) bond motifs is 9. The second-order valence-electron chi connectivity index (χ2n) is 34.7. The smallest absolute Gasteiger partial charge is 0.0541 e. The van der Waals surface area contributed by atoms with Crippen LogP contribution in [0.25, 0.3) is 279 Å². The van der Waals surface area contributed by atoms with E-state index in [4.69, 9.17) is 0 Å². The molecule has 0 amide bonds. The molecular formula is C125H77N3. The van der Waals surface area contributed by atoms with Crippen molar-refractivity contribution in [3.63, 3.8) is 0 Å². The van der Waals surface area contributed by atoms with Crippen LogP contribution in [0.3, 0.4) is 0 Å². The largest absolute Gasteiger partial charge is 0.309 e. The molecule has 0 unspecified atom stereocenters. The molecule has 3 heteroatoms. The molecule has 0 saturated carbocycles. The van der Waals surface area contributed by atoms with Crippen molar-refractivity contribution >= 4 is 195 Å². The fourth-order valence-electron chi connectivity index (χ4n) is 22.7. The predicted octanol–water partition coefficient (Wildman–Crippen LogP) is 34.9. The fourth-order valence-corrected chi connectivity index (χ4v) is 22.7. The molecule has 3 heterocycles. The van der Waals surface area contributed by atoms with Gasteiger partial charge in [-0.1, -0.05) is 377 Å². The Balaban J connectivity index is 0.000000134. The first-order valence-electron chi connectivity index (χ1n) is 44.2. The van der Waals surface area contributed by atoms with Crippen LogP contribution in [0.15, 0.2) is 443 Å². The summed E-state index contributed by atoms with van der Waals surface area (Å²) >= 11 is 0. The van der Waals surface area contributed by atoms with Gasteiger partial charge in [-0.25, -0.2) is 0 Å². The molecule has 0 atom stereocenters. The van der Waals surface area contributed by atoms with Gasteiger partial charge in [0.2, 0.25) is 0 Å². The molecule has 592 valence electrons. The summed E-state index contributed by atoms with van der Waals surface area (Å²) in [7, 11) is 0. The van der Waals surface area contributed by atoms with Gasteiger partial charge in [-0.2, -0.15) is 0 Å². The van der Waals surface area contributed by atoms with Crippen molar-refractivity contribution in [3.8, 4) is 83.8 Å². The normalized spacial score (nSPS) is 12.2. The first kappa shape index (κ1) is 71.8. The lowest BCUT2D eigenvalue weighted by molar-refractivity contribution is 1.18. The molecule has 0 spiro atoms. The zero-order chi connectivity index (χ0) is 82.8. The van der Waals surface area contributed by atoms with Gasteiger partial charge < -0.3 is 13.7 Å². The van der Waals surface area contributed by atoms with E-state index in [1.165, 1.54) is 267 Å². The molecule has 128 heavy (non-hydrogen) atoms. The summed E-state index contributed by atoms with van der Waals surface area (Å²) in [4.78, 5) is 0. The highest BCUT2D eigenvalue weighted by atomic mass is 15.0. The Bertz CT molecular complexity index is 9130. The minimum atomic E-state index is 0. The van der Waals surface area contributed by atoms with Gasteiger partial charge in [0.25, 0.3) is 0 Å². The van der Waals surface area contributed by atoms with Gasteiger partial charge in [0, 0.05) is 49.4 Å². The first-order chi connectivity index (χ1) is 63.0. The quantitative estimate of drug-likeness (QED) is 0.128. The third kappa shape index (κ3) is 10.4. The lowest BCUT2D eigenvalue weighted by Gasteiger charge is -2.19. The van der Waals surface area contributed by atoms with Crippen LogP contribution in [0.5, 0.6) is 0 Å². The Labute approximate surface area is 737 Å². The standard InChI is InChI=1S/C68H40N2.C56H33N.CH4/c1-5-13-61-53(9-1)54-10-2-6-14-62(54)69(61)47-29-17-41(18-30-47)49-33-21-43-27-39-59-51(35-23-45-25-37-57(49)65(43)67(45)59)52-36-24-46-26-38-58-50(34-22-44-28-40-60(52)68(46)66(44)58)42-19-31-48(32-20-42)70-63-15-7-3-11-55(63)56-12-4-8-16-64(56)70;1-3-10-51-46(8-1)47-9-2-4-11-52(47)57(51)42-26-18-36(19-27-42)45-30-22-41-24-32-49-44(29-21-40-25-33-50(45)56(41)55(40)49)35-14-12-34(13-15-35)43-28-20-39-17-16-37-6-5-7-38-23-31-48(43)54(39)53(37)38;/h1-40H;1-33H;1H4. The van der Waals surface area contributed by atoms with Crippen molar-refractivity contribution < 1.29 is 0 Å². The van der Waals surface area contributed by atoms with Crippen LogP contribution in [0.1, 0.15) is 7.43 Å².